The number of hydrogen-bond acceptors (Lipinski definition) is 2. The van der Waals surface area contributed by atoms with E-state index in [1.165, 1.54) is 81.3 Å². The van der Waals surface area contributed by atoms with E-state index < -0.39 is 0 Å². The van der Waals surface area contributed by atoms with Gasteiger partial charge in [0.05, 0.1) is 16.7 Å². The van der Waals surface area contributed by atoms with Crippen molar-refractivity contribution in [1.29, 1.82) is 0 Å². The lowest BCUT2D eigenvalue weighted by Gasteiger charge is -2.29. The van der Waals surface area contributed by atoms with Gasteiger partial charge in [-0.3, -0.25) is 0 Å². The maximum absolute atomic E-state index is 2.49. The Morgan fingerprint density at radius 3 is 2.06 bits per heavy atom. The number of para-hydroxylation sites is 2. The van der Waals surface area contributed by atoms with E-state index in [9.17, 15) is 0 Å². The standard InChI is InChI=1S/C45H32N2S/c1-45(2)37-18-9-6-15-32(37)33-25-23-31(28-38(33)45)46(41-20-12-22-43-44(41)35-17-8-11-21-42(35)48-43)30-24-26-40-36(27-30)34-16-7-10-19-39(34)47(40)29-13-4-3-5-14-29/h3-28H,1-2H3. The van der Waals surface area contributed by atoms with E-state index in [2.05, 4.69) is 181 Å². The summed E-state index contributed by atoms with van der Waals surface area (Å²) in [4.78, 5) is 2.49. The summed E-state index contributed by atoms with van der Waals surface area (Å²) in [7, 11) is 0. The molecule has 0 radical (unpaired) electrons. The molecular formula is C45H32N2S. The summed E-state index contributed by atoms with van der Waals surface area (Å²) in [5, 5.41) is 5.10. The first kappa shape index (κ1) is 27.5. The van der Waals surface area contributed by atoms with Gasteiger partial charge in [0.1, 0.15) is 0 Å². The van der Waals surface area contributed by atoms with Gasteiger partial charge in [-0.1, -0.05) is 105 Å². The van der Waals surface area contributed by atoms with Crippen molar-refractivity contribution in [3.05, 3.63) is 169 Å². The topological polar surface area (TPSA) is 8.17 Å². The molecule has 2 heterocycles. The van der Waals surface area contributed by atoms with Crippen molar-refractivity contribution < 1.29 is 0 Å². The third-order valence-corrected chi connectivity index (χ3v) is 11.5. The minimum absolute atomic E-state index is 0.0955. The fourth-order valence-electron chi connectivity index (χ4n) is 8.16. The molecule has 48 heavy (non-hydrogen) atoms. The smallest absolute Gasteiger partial charge is 0.0554 e. The quantitative estimate of drug-likeness (QED) is 0.187. The first-order chi connectivity index (χ1) is 23.6. The SMILES string of the molecule is CC1(C)c2ccccc2-c2ccc(N(c3ccc4c(c3)c3ccccc3n4-c3ccccc3)c3cccc4sc5ccccc5c34)cc21. The zero-order valence-corrected chi connectivity index (χ0v) is 27.6. The van der Waals surface area contributed by atoms with Gasteiger partial charge in [-0.2, -0.15) is 0 Å². The van der Waals surface area contributed by atoms with Crippen LogP contribution >= 0.6 is 11.3 Å². The molecule has 0 fully saturated rings. The highest BCUT2D eigenvalue weighted by Crippen LogP contribution is 2.52. The van der Waals surface area contributed by atoms with Gasteiger partial charge in [0.2, 0.25) is 0 Å². The molecule has 0 saturated heterocycles. The zero-order chi connectivity index (χ0) is 32.0. The van der Waals surface area contributed by atoms with Gasteiger partial charge in [-0.25, -0.2) is 0 Å². The molecule has 1 aliphatic rings. The van der Waals surface area contributed by atoms with Crippen LogP contribution in [0.5, 0.6) is 0 Å². The minimum Gasteiger partial charge on any atom is -0.310 e. The van der Waals surface area contributed by atoms with Crippen LogP contribution in [0.25, 0.3) is 58.8 Å². The number of hydrogen-bond donors (Lipinski definition) is 0. The van der Waals surface area contributed by atoms with Crippen molar-refractivity contribution in [2.45, 2.75) is 19.3 Å². The highest BCUT2D eigenvalue weighted by Gasteiger charge is 2.36. The molecule has 10 rings (SSSR count). The highest BCUT2D eigenvalue weighted by atomic mass is 32.1. The second-order valence-corrected chi connectivity index (χ2v) is 14.5. The van der Waals surface area contributed by atoms with Crippen molar-refractivity contribution >= 4 is 70.4 Å². The van der Waals surface area contributed by atoms with Crippen LogP contribution in [0.2, 0.25) is 0 Å². The van der Waals surface area contributed by atoms with Crippen LogP contribution < -0.4 is 4.90 Å². The van der Waals surface area contributed by atoms with Gasteiger partial charge < -0.3 is 9.47 Å². The lowest BCUT2D eigenvalue weighted by molar-refractivity contribution is 0.660. The fraction of sp³-hybridized carbons (Fsp3) is 0.0667. The Kier molecular flexibility index (Phi) is 5.82. The molecule has 0 unspecified atom stereocenters. The molecule has 0 N–H and O–H groups in total. The van der Waals surface area contributed by atoms with Gasteiger partial charge in [0.15, 0.2) is 0 Å². The molecule has 0 aliphatic heterocycles. The summed E-state index contributed by atoms with van der Waals surface area (Å²) >= 11 is 1.87. The summed E-state index contributed by atoms with van der Waals surface area (Å²) in [5.74, 6) is 0. The highest BCUT2D eigenvalue weighted by molar-refractivity contribution is 7.26. The number of thiophene rings is 1. The first-order valence-corrected chi connectivity index (χ1v) is 17.4. The normalized spacial score (nSPS) is 13.4. The van der Waals surface area contributed by atoms with E-state index in [4.69, 9.17) is 0 Å². The lowest BCUT2D eigenvalue weighted by Crippen LogP contribution is -2.16. The van der Waals surface area contributed by atoms with Crippen LogP contribution in [-0.2, 0) is 5.41 Å². The van der Waals surface area contributed by atoms with Crippen LogP contribution in [0, 0.1) is 0 Å². The van der Waals surface area contributed by atoms with Crippen molar-refractivity contribution in [2.24, 2.45) is 0 Å². The van der Waals surface area contributed by atoms with Gasteiger partial charge in [0.25, 0.3) is 0 Å². The number of benzene rings is 7. The van der Waals surface area contributed by atoms with Gasteiger partial charge >= 0.3 is 0 Å². The third-order valence-electron chi connectivity index (χ3n) is 10.4. The molecule has 3 heteroatoms. The van der Waals surface area contributed by atoms with Crippen LogP contribution in [0.4, 0.5) is 17.1 Å². The van der Waals surface area contributed by atoms with Gasteiger partial charge in [-0.15, -0.1) is 11.3 Å². The average Bonchev–Trinajstić information content (AvgIpc) is 3.75. The summed E-state index contributed by atoms with van der Waals surface area (Å²) in [6.45, 7) is 4.73. The van der Waals surface area contributed by atoms with E-state index in [-0.39, 0.29) is 5.41 Å². The van der Waals surface area contributed by atoms with Crippen LogP contribution in [-0.4, -0.2) is 4.57 Å². The molecule has 0 saturated carbocycles. The third kappa shape index (κ3) is 3.85. The number of rotatable bonds is 4. The summed E-state index contributed by atoms with van der Waals surface area (Å²) in [5.41, 5.74) is 12.4. The Hall–Kier alpha value is -5.64. The average molecular weight is 633 g/mol. The van der Waals surface area contributed by atoms with Gasteiger partial charge in [-0.05, 0) is 89.0 Å². The summed E-state index contributed by atoms with van der Waals surface area (Å²) in [6, 6.07) is 58.1. The first-order valence-electron chi connectivity index (χ1n) is 16.6. The van der Waals surface area contributed by atoms with E-state index in [1.54, 1.807) is 0 Å². The van der Waals surface area contributed by atoms with Crippen molar-refractivity contribution in [3.8, 4) is 16.8 Å². The Labute approximate surface area is 283 Å². The molecule has 1 aliphatic carbocycles. The number of fused-ring (bicyclic) bond motifs is 9. The molecule has 7 aromatic carbocycles. The number of nitrogens with zero attached hydrogens (tertiary/aromatic N) is 2. The molecule has 9 aromatic rings. The predicted octanol–water partition coefficient (Wildman–Crippen LogP) is 12.9. The largest absolute Gasteiger partial charge is 0.310 e. The minimum atomic E-state index is -0.0955. The van der Waals surface area contributed by atoms with E-state index >= 15 is 0 Å². The molecule has 228 valence electrons. The van der Waals surface area contributed by atoms with E-state index in [0.717, 1.165) is 5.69 Å². The molecule has 0 atom stereocenters. The van der Waals surface area contributed by atoms with Crippen LogP contribution in [0.15, 0.2) is 158 Å². The zero-order valence-electron chi connectivity index (χ0n) is 26.8. The molecule has 0 spiro atoms. The van der Waals surface area contributed by atoms with E-state index in [1.807, 2.05) is 11.3 Å². The Bertz CT molecular complexity index is 2710. The molecular weight excluding hydrogens is 601 g/mol. The summed E-state index contributed by atoms with van der Waals surface area (Å²) < 4.78 is 5.00. The van der Waals surface area contributed by atoms with Crippen molar-refractivity contribution in [1.82, 2.24) is 4.57 Å². The molecule has 0 amide bonds. The second-order valence-electron chi connectivity index (χ2n) is 13.4. The monoisotopic (exact) mass is 632 g/mol. The maximum atomic E-state index is 2.49. The van der Waals surface area contributed by atoms with Crippen LogP contribution in [0.1, 0.15) is 25.0 Å². The maximum Gasteiger partial charge on any atom is 0.0554 e. The summed E-state index contributed by atoms with van der Waals surface area (Å²) in [6.07, 6.45) is 0. The Balaban J connectivity index is 1.26. The Morgan fingerprint density at radius 1 is 0.500 bits per heavy atom. The number of aromatic nitrogens is 1. The van der Waals surface area contributed by atoms with Crippen molar-refractivity contribution in [3.63, 3.8) is 0 Å². The van der Waals surface area contributed by atoms with Crippen molar-refractivity contribution in [2.75, 3.05) is 4.90 Å². The number of anilines is 3. The fourth-order valence-corrected chi connectivity index (χ4v) is 9.28. The lowest BCUT2D eigenvalue weighted by atomic mass is 9.82. The second kappa shape index (κ2) is 10.2. The molecule has 2 aromatic heterocycles. The van der Waals surface area contributed by atoms with E-state index in [0.29, 0.717) is 0 Å². The molecule has 2 nitrogen and oxygen atoms in total. The van der Waals surface area contributed by atoms with Gasteiger partial charge in [0, 0.05) is 53.4 Å². The van der Waals surface area contributed by atoms with Crippen LogP contribution in [0.3, 0.4) is 0 Å². The molecule has 0 bridgehead atoms. The Morgan fingerprint density at radius 2 is 1.17 bits per heavy atom. The predicted molar refractivity (Wildman–Crippen MR) is 206 cm³/mol.